The Balaban J connectivity index is 3.76. The maximum Gasteiger partial charge on any atom is 0.245 e. The number of hydrogen-bond donors (Lipinski definition) is 3. The molecule has 0 radical (unpaired) electrons. The monoisotopic (exact) mass is 146 g/mol. The summed E-state index contributed by atoms with van der Waals surface area (Å²) in [4.78, 5) is 10.6. The summed E-state index contributed by atoms with van der Waals surface area (Å²) in [6.45, 7) is 3.75. The van der Waals surface area contributed by atoms with Crippen molar-refractivity contribution in [1.29, 1.82) is 0 Å². The quantitative estimate of drug-likeness (QED) is 0.384. The minimum atomic E-state index is -0.376. The van der Waals surface area contributed by atoms with Crippen molar-refractivity contribution in [2.45, 2.75) is 25.8 Å². The number of hydroxylamine groups is 1. The summed E-state index contributed by atoms with van der Waals surface area (Å²) in [6.07, 6.45) is 0.264. The van der Waals surface area contributed by atoms with Gasteiger partial charge in [-0.1, -0.05) is 0 Å². The summed E-state index contributed by atoms with van der Waals surface area (Å²) in [5, 5.41) is 11.1. The Morgan fingerprint density at radius 1 is 1.60 bits per heavy atom. The molecule has 3 N–H and O–H groups in total. The molecule has 4 nitrogen and oxygen atoms in total. The third kappa shape index (κ3) is 3.42. The SMILES string of the molecule is CNC(C)(C)CC(=O)NO. The number of nitrogens with one attached hydrogen (secondary N) is 2. The normalized spacial score (nSPS) is 11.2. The minimum absolute atomic E-state index is 0.257. The highest BCUT2D eigenvalue weighted by Crippen LogP contribution is 2.05. The summed E-state index contributed by atoms with van der Waals surface area (Å²) in [5.41, 5.74) is 1.32. The summed E-state index contributed by atoms with van der Waals surface area (Å²) in [5.74, 6) is -0.376. The van der Waals surface area contributed by atoms with Crippen molar-refractivity contribution in [3.8, 4) is 0 Å². The van der Waals surface area contributed by atoms with Gasteiger partial charge >= 0.3 is 0 Å². The average Bonchev–Trinajstić information content (AvgIpc) is 1.87. The topological polar surface area (TPSA) is 61.4 Å². The zero-order valence-corrected chi connectivity index (χ0v) is 6.56. The lowest BCUT2D eigenvalue weighted by atomic mass is 10.0. The van der Waals surface area contributed by atoms with Gasteiger partial charge in [-0.25, -0.2) is 5.48 Å². The molecule has 0 aromatic heterocycles. The van der Waals surface area contributed by atoms with Crippen LogP contribution in [0.5, 0.6) is 0 Å². The van der Waals surface area contributed by atoms with E-state index in [1.807, 2.05) is 13.8 Å². The first-order valence-electron chi connectivity index (χ1n) is 3.13. The molecule has 60 valence electrons. The van der Waals surface area contributed by atoms with E-state index in [2.05, 4.69) is 5.32 Å². The van der Waals surface area contributed by atoms with E-state index in [9.17, 15) is 4.79 Å². The molecule has 4 heteroatoms. The molecule has 0 heterocycles. The zero-order valence-electron chi connectivity index (χ0n) is 6.56. The molecule has 0 aromatic carbocycles. The molecule has 0 bridgehead atoms. The van der Waals surface area contributed by atoms with Gasteiger partial charge in [0, 0.05) is 12.0 Å². The van der Waals surface area contributed by atoms with Crippen LogP contribution in [0.4, 0.5) is 0 Å². The van der Waals surface area contributed by atoms with Crippen molar-refractivity contribution in [2.24, 2.45) is 0 Å². The van der Waals surface area contributed by atoms with Crippen LogP contribution in [0.3, 0.4) is 0 Å². The smallest absolute Gasteiger partial charge is 0.245 e. The first-order chi connectivity index (χ1) is 4.52. The van der Waals surface area contributed by atoms with Crippen LogP contribution in [0.15, 0.2) is 0 Å². The number of hydrogen-bond acceptors (Lipinski definition) is 3. The highest BCUT2D eigenvalue weighted by molar-refractivity contribution is 5.75. The molecule has 0 aliphatic heterocycles. The van der Waals surface area contributed by atoms with Crippen molar-refractivity contribution in [3.05, 3.63) is 0 Å². The van der Waals surface area contributed by atoms with Gasteiger partial charge in [0.1, 0.15) is 0 Å². The van der Waals surface area contributed by atoms with Crippen LogP contribution in [0.25, 0.3) is 0 Å². The lowest BCUT2D eigenvalue weighted by molar-refractivity contribution is -0.130. The van der Waals surface area contributed by atoms with Gasteiger partial charge in [-0.2, -0.15) is 0 Å². The van der Waals surface area contributed by atoms with Crippen LogP contribution in [0.2, 0.25) is 0 Å². The van der Waals surface area contributed by atoms with E-state index in [0.717, 1.165) is 0 Å². The second kappa shape index (κ2) is 3.53. The predicted molar refractivity (Wildman–Crippen MR) is 37.7 cm³/mol. The van der Waals surface area contributed by atoms with E-state index in [-0.39, 0.29) is 17.9 Å². The third-order valence-corrected chi connectivity index (χ3v) is 1.40. The molecule has 0 aliphatic rings. The second-order valence-corrected chi connectivity index (χ2v) is 2.85. The fourth-order valence-electron chi connectivity index (χ4n) is 0.529. The molecule has 10 heavy (non-hydrogen) atoms. The molecule has 0 fully saturated rings. The Kier molecular flexibility index (Phi) is 3.32. The van der Waals surface area contributed by atoms with E-state index < -0.39 is 0 Å². The van der Waals surface area contributed by atoms with E-state index in [1.165, 1.54) is 0 Å². The van der Waals surface area contributed by atoms with Gasteiger partial charge in [-0.05, 0) is 20.9 Å². The Labute approximate surface area is 60.6 Å². The van der Waals surface area contributed by atoms with Crippen LogP contribution in [0, 0.1) is 0 Å². The van der Waals surface area contributed by atoms with Gasteiger partial charge in [0.25, 0.3) is 0 Å². The van der Waals surface area contributed by atoms with Crippen molar-refractivity contribution in [2.75, 3.05) is 7.05 Å². The summed E-state index contributed by atoms with van der Waals surface area (Å²) >= 11 is 0. The number of carbonyl (C=O) groups is 1. The maximum absolute atomic E-state index is 10.6. The average molecular weight is 146 g/mol. The van der Waals surface area contributed by atoms with Crippen LogP contribution in [-0.2, 0) is 4.79 Å². The number of amides is 1. The molecule has 0 aromatic rings. The molecule has 0 spiro atoms. The molecular weight excluding hydrogens is 132 g/mol. The Morgan fingerprint density at radius 2 is 2.10 bits per heavy atom. The van der Waals surface area contributed by atoms with Gasteiger partial charge in [-0.3, -0.25) is 10.0 Å². The minimum Gasteiger partial charge on any atom is -0.314 e. The van der Waals surface area contributed by atoms with E-state index in [1.54, 1.807) is 12.5 Å². The predicted octanol–water partition coefficient (Wildman–Crippen LogP) is -0.120. The fraction of sp³-hybridized carbons (Fsp3) is 0.833. The molecule has 0 saturated heterocycles. The van der Waals surface area contributed by atoms with Crippen molar-refractivity contribution >= 4 is 5.91 Å². The molecule has 0 aliphatic carbocycles. The molecule has 0 rings (SSSR count). The highest BCUT2D eigenvalue weighted by Gasteiger charge is 2.18. The summed E-state index contributed by atoms with van der Waals surface area (Å²) in [6, 6.07) is 0. The number of rotatable bonds is 3. The van der Waals surface area contributed by atoms with Crippen LogP contribution < -0.4 is 10.8 Å². The maximum atomic E-state index is 10.6. The lowest BCUT2D eigenvalue weighted by Crippen LogP contribution is -2.41. The Bertz CT molecular complexity index is 123. The van der Waals surface area contributed by atoms with Crippen molar-refractivity contribution < 1.29 is 10.0 Å². The standard InChI is InChI=1S/C6H14N2O2/c1-6(2,7-3)4-5(9)8-10/h7,10H,4H2,1-3H3,(H,8,9). The molecule has 0 atom stereocenters. The van der Waals surface area contributed by atoms with Gasteiger partial charge < -0.3 is 5.32 Å². The van der Waals surface area contributed by atoms with E-state index in [0.29, 0.717) is 0 Å². The highest BCUT2D eigenvalue weighted by atomic mass is 16.5. The van der Waals surface area contributed by atoms with Gasteiger partial charge in [0.15, 0.2) is 0 Å². The molecule has 0 saturated carbocycles. The molecule has 1 amide bonds. The first-order valence-corrected chi connectivity index (χ1v) is 3.13. The molecular formula is C6H14N2O2. The Hall–Kier alpha value is -0.610. The summed E-state index contributed by atoms with van der Waals surface area (Å²) < 4.78 is 0. The Morgan fingerprint density at radius 3 is 2.40 bits per heavy atom. The van der Waals surface area contributed by atoms with Gasteiger partial charge in [-0.15, -0.1) is 0 Å². The summed E-state index contributed by atoms with van der Waals surface area (Å²) in [7, 11) is 1.77. The largest absolute Gasteiger partial charge is 0.314 e. The van der Waals surface area contributed by atoms with Crippen molar-refractivity contribution in [3.63, 3.8) is 0 Å². The van der Waals surface area contributed by atoms with Crippen molar-refractivity contribution in [1.82, 2.24) is 10.8 Å². The van der Waals surface area contributed by atoms with Gasteiger partial charge in [0.2, 0.25) is 5.91 Å². The third-order valence-electron chi connectivity index (χ3n) is 1.40. The second-order valence-electron chi connectivity index (χ2n) is 2.85. The van der Waals surface area contributed by atoms with Crippen LogP contribution in [0.1, 0.15) is 20.3 Å². The van der Waals surface area contributed by atoms with E-state index in [4.69, 9.17) is 5.21 Å². The van der Waals surface area contributed by atoms with Crippen LogP contribution >= 0.6 is 0 Å². The zero-order chi connectivity index (χ0) is 8.20. The lowest BCUT2D eigenvalue weighted by Gasteiger charge is -2.21. The molecule has 0 unspecified atom stereocenters. The van der Waals surface area contributed by atoms with Gasteiger partial charge in [0.05, 0.1) is 0 Å². The van der Waals surface area contributed by atoms with Crippen LogP contribution in [-0.4, -0.2) is 23.7 Å². The van der Waals surface area contributed by atoms with E-state index >= 15 is 0 Å². The number of carbonyl (C=O) groups excluding carboxylic acids is 1. The fourth-order valence-corrected chi connectivity index (χ4v) is 0.529. The first kappa shape index (κ1) is 9.39.